The van der Waals surface area contributed by atoms with E-state index < -0.39 is 0 Å². The van der Waals surface area contributed by atoms with Crippen molar-refractivity contribution in [1.82, 2.24) is 4.98 Å². The highest BCUT2D eigenvalue weighted by atomic mass is 14.9. The maximum Gasteiger partial charge on any atom is 0.0424 e. The first-order chi connectivity index (χ1) is 8.74. The molecule has 0 saturated heterocycles. The van der Waals surface area contributed by atoms with E-state index in [1.807, 2.05) is 19.2 Å². The third-order valence-corrected chi connectivity index (χ3v) is 3.79. The molecule has 0 atom stereocenters. The van der Waals surface area contributed by atoms with Gasteiger partial charge < -0.3 is 11.1 Å². The molecule has 1 fully saturated rings. The van der Waals surface area contributed by atoms with Crippen LogP contribution in [0.25, 0.3) is 10.8 Å². The lowest BCUT2D eigenvalue weighted by atomic mass is 10.1. The number of aromatic nitrogens is 1. The summed E-state index contributed by atoms with van der Waals surface area (Å²) in [6.07, 6.45) is 7.10. The molecule has 1 heterocycles. The van der Waals surface area contributed by atoms with E-state index in [9.17, 15) is 0 Å². The summed E-state index contributed by atoms with van der Waals surface area (Å²) in [5.74, 6) is 0. The SMILES string of the molecule is Cc1cc2c(NC3CCCC3)ccc(N)c2cn1. The molecule has 1 aromatic carbocycles. The van der Waals surface area contributed by atoms with Crippen LogP contribution in [0.15, 0.2) is 24.4 Å². The fraction of sp³-hybridized carbons (Fsp3) is 0.400. The maximum atomic E-state index is 6.02. The summed E-state index contributed by atoms with van der Waals surface area (Å²) in [4.78, 5) is 4.33. The Hall–Kier alpha value is -1.77. The summed E-state index contributed by atoms with van der Waals surface area (Å²) in [6.45, 7) is 2.02. The van der Waals surface area contributed by atoms with Gasteiger partial charge in [0.25, 0.3) is 0 Å². The Morgan fingerprint density at radius 1 is 1.22 bits per heavy atom. The molecular formula is C15H19N3. The van der Waals surface area contributed by atoms with Gasteiger partial charge in [0.2, 0.25) is 0 Å². The highest BCUT2D eigenvalue weighted by molar-refractivity contribution is 6.00. The van der Waals surface area contributed by atoms with E-state index in [1.165, 1.54) is 36.8 Å². The second kappa shape index (κ2) is 4.48. The molecule has 1 aliphatic carbocycles. The first-order valence-corrected chi connectivity index (χ1v) is 6.65. The Kier molecular flexibility index (Phi) is 2.82. The van der Waals surface area contributed by atoms with Crippen LogP contribution >= 0.6 is 0 Å². The minimum atomic E-state index is 0.616. The quantitative estimate of drug-likeness (QED) is 0.791. The number of hydrogen-bond acceptors (Lipinski definition) is 3. The standard InChI is InChI=1S/C15H19N3/c1-10-8-12-13(9-17-10)14(16)6-7-15(12)18-11-4-2-3-5-11/h6-9,11,18H,2-5,16H2,1H3. The highest BCUT2D eigenvalue weighted by Gasteiger charge is 2.15. The molecule has 0 unspecified atom stereocenters. The summed E-state index contributed by atoms with van der Waals surface area (Å²) in [5, 5.41) is 5.89. The molecule has 1 aromatic heterocycles. The fourth-order valence-electron chi connectivity index (χ4n) is 2.78. The Morgan fingerprint density at radius 3 is 2.78 bits per heavy atom. The molecule has 18 heavy (non-hydrogen) atoms. The fourth-order valence-corrected chi connectivity index (χ4v) is 2.78. The molecule has 3 N–H and O–H groups in total. The van der Waals surface area contributed by atoms with E-state index in [0.717, 1.165) is 16.8 Å². The van der Waals surface area contributed by atoms with E-state index in [-0.39, 0.29) is 0 Å². The van der Waals surface area contributed by atoms with E-state index in [0.29, 0.717) is 6.04 Å². The smallest absolute Gasteiger partial charge is 0.0424 e. The van der Waals surface area contributed by atoms with E-state index in [1.54, 1.807) is 0 Å². The number of hydrogen-bond donors (Lipinski definition) is 2. The number of fused-ring (bicyclic) bond motifs is 1. The normalized spacial score (nSPS) is 16.3. The highest BCUT2D eigenvalue weighted by Crippen LogP contribution is 2.31. The van der Waals surface area contributed by atoms with Gasteiger partial charge >= 0.3 is 0 Å². The van der Waals surface area contributed by atoms with Crippen LogP contribution in [0.4, 0.5) is 11.4 Å². The van der Waals surface area contributed by atoms with Crippen LogP contribution < -0.4 is 11.1 Å². The molecule has 3 heteroatoms. The molecule has 0 radical (unpaired) electrons. The van der Waals surface area contributed by atoms with Crippen LogP contribution in [0, 0.1) is 6.92 Å². The van der Waals surface area contributed by atoms with Crippen LogP contribution in [0.3, 0.4) is 0 Å². The average Bonchev–Trinajstić information content (AvgIpc) is 2.86. The minimum Gasteiger partial charge on any atom is -0.398 e. The molecule has 0 spiro atoms. The van der Waals surface area contributed by atoms with E-state index in [4.69, 9.17) is 5.73 Å². The van der Waals surface area contributed by atoms with Crippen molar-refractivity contribution in [3.8, 4) is 0 Å². The number of nitrogens with two attached hydrogens (primary N) is 1. The molecular weight excluding hydrogens is 222 g/mol. The molecule has 2 aromatic rings. The predicted molar refractivity (Wildman–Crippen MR) is 76.8 cm³/mol. The number of nitrogens with one attached hydrogen (secondary N) is 1. The number of aryl methyl sites for hydroxylation is 1. The van der Waals surface area contributed by atoms with Crippen molar-refractivity contribution in [1.29, 1.82) is 0 Å². The molecule has 0 bridgehead atoms. The van der Waals surface area contributed by atoms with Crippen LogP contribution in [0.2, 0.25) is 0 Å². The zero-order valence-corrected chi connectivity index (χ0v) is 10.7. The lowest BCUT2D eigenvalue weighted by Gasteiger charge is -2.16. The second-order valence-corrected chi connectivity index (χ2v) is 5.20. The zero-order chi connectivity index (χ0) is 12.5. The van der Waals surface area contributed by atoms with Gasteiger partial charge in [-0.25, -0.2) is 0 Å². The summed E-state index contributed by atoms with van der Waals surface area (Å²) in [7, 11) is 0. The summed E-state index contributed by atoms with van der Waals surface area (Å²) in [6, 6.07) is 6.79. The number of rotatable bonds is 2. The van der Waals surface area contributed by atoms with Gasteiger partial charge in [0.05, 0.1) is 0 Å². The lowest BCUT2D eigenvalue weighted by Crippen LogP contribution is -2.14. The van der Waals surface area contributed by atoms with Gasteiger partial charge in [-0.3, -0.25) is 4.98 Å². The van der Waals surface area contributed by atoms with Crippen molar-refractivity contribution in [2.45, 2.75) is 38.6 Å². The van der Waals surface area contributed by atoms with Crippen LogP contribution in [0.5, 0.6) is 0 Å². The van der Waals surface area contributed by atoms with Gasteiger partial charge in [-0.15, -0.1) is 0 Å². The van der Waals surface area contributed by atoms with Crippen molar-refractivity contribution in [2.75, 3.05) is 11.1 Å². The van der Waals surface area contributed by atoms with Gasteiger partial charge in [0.15, 0.2) is 0 Å². The van der Waals surface area contributed by atoms with E-state index >= 15 is 0 Å². The topological polar surface area (TPSA) is 50.9 Å². The first-order valence-electron chi connectivity index (χ1n) is 6.65. The summed E-state index contributed by atoms with van der Waals surface area (Å²) in [5.41, 5.74) is 9.04. The minimum absolute atomic E-state index is 0.616. The third-order valence-electron chi connectivity index (χ3n) is 3.79. The first kappa shape index (κ1) is 11.3. The molecule has 0 aliphatic heterocycles. The van der Waals surface area contributed by atoms with Crippen LogP contribution in [0.1, 0.15) is 31.4 Å². The maximum absolute atomic E-state index is 6.02. The molecule has 94 valence electrons. The van der Waals surface area contributed by atoms with Crippen molar-refractivity contribution >= 4 is 22.1 Å². The summed E-state index contributed by atoms with van der Waals surface area (Å²) >= 11 is 0. The Morgan fingerprint density at radius 2 is 2.00 bits per heavy atom. The molecule has 3 nitrogen and oxygen atoms in total. The second-order valence-electron chi connectivity index (χ2n) is 5.20. The molecule has 1 aliphatic rings. The monoisotopic (exact) mass is 241 g/mol. The number of benzene rings is 1. The number of anilines is 2. The predicted octanol–water partition coefficient (Wildman–Crippen LogP) is 3.48. The molecule has 3 rings (SSSR count). The van der Waals surface area contributed by atoms with Gasteiger partial charge in [0.1, 0.15) is 0 Å². The van der Waals surface area contributed by atoms with Gasteiger partial charge in [0, 0.05) is 40.1 Å². The van der Waals surface area contributed by atoms with Crippen molar-refractivity contribution < 1.29 is 0 Å². The summed E-state index contributed by atoms with van der Waals surface area (Å²) < 4.78 is 0. The Labute approximate surface area is 107 Å². The van der Waals surface area contributed by atoms with Gasteiger partial charge in [-0.1, -0.05) is 12.8 Å². The van der Waals surface area contributed by atoms with Crippen molar-refractivity contribution in [3.63, 3.8) is 0 Å². The number of nitrogens with zero attached hydrogens (tertiary/aromatic N) is 1. The average molecular weight is 241 g/mol. The zero-order valence-electron chi connectivity index (χ0n) is 10.7. The number of pyridine rings is 1. The van der Waals surface area contributed by atoms with Crippen molar-refractivity contribution in [3.05, 3.63) is 30.1 Å². The third kappa shape index (κ3) is 2.01. The lowest BCUT2D eigenvalue weighted by molar-refractivity contribution is 0.756. The van der Waals surface area contributed by atoms with E-state index in [2.05, 4.69) is 22.4 Å². The molecule has 1 saturated carbocycles. The Balaban J connectivity index is 2.05. The Bertz CT molecular complexity index is 571. The molecule has 0 amide bonds. The van der Waals surface area contributed by atoms with Crippen molar-refractivity contribution in [2.24, 2.45) is 0 Å². The largest absolute Gasteiger partial charge is 0.398 e. The van der Waals surface area contributed by atoms with Gasteiger partial charge in [-0.05, 0) is 38.0 Å². The number of nitrogen functional groups attached to an aromatic ring is 1. The van der Waals surface area contributed by atoms with Gasteiger partial charge in [-0.2, -0.15) is 0 Å². The van der Waals surface area contributed by atoms with Crippen LogP contribution in [-0.4, -0.2) is 11.0 Å². The van der Waals surface area contributed by atoms with Crippen LogP contribution in [-0.2, 0) is 0 Å².